The Hall–Kier alpha value is -2.73. The van der Waals surface area contributed by atoms with Gasteiger partial charge in [-0.25, -0.2) is 0 Å². The van der Waals surface area contributed by atoms with Crippen molar-refractivity contribution >= 4 is 11.8 Å². The van der Waals surface area contributed by atoms with Crippen LogP contribution in [0.2, 0.25) is 0 Å². The van der Waals surface area contributed by atoms with E-state index in [9.17, 15) is 0 Å². The van der Waals surface area contributed by atoms with Crippen LogP contribution in [-0.2, 0) is 18.9 Å². The van der Waals surface area contributed by atoms with Crippen molar-refractivity contribution in [2.45, 2.75) is 31.0 Å². The van der Waals surface area contributed by atoms with Crippen LogP contribution in [0.3, 0.4) is 0 Å². The summed E-state index contributed by atoms with van der Waals surface area (Å²) in [6, 6.07) is 16.0. The van der Waals surface area contributed by atoms with Crippen molar-refractivity contribution in [3.05, 3.63) is 78.1 Å². The molecule has 6 heteroatoms. The third kappa shape index (κ3) is 5.14. The molecule has 0 saturated heterocycles. The molecule has 5 nitrogen and oxygen atoms in total. The van der Waals surface area contributed by atoms with Gasteiger partial charge in [0.1, 0.15) is 18.1 Å². The molecule has 0 aliphatic heterocycles. The van der Waals surface area contributed by atoms with Crippen LogP contribution >= 0.6 is 11.8 Å². The predicted octanol–water partition coefficient (Wildman–Crippen LogP) is 4.65. The first-order chi connectivity index (χ1) is 13.2. The van der Waals surface area contributed by atoms with Crippen LogP contribution in [0.1, 0.15) is 17.0 Å². The van der Waals surface area contributed by atoms with E-state index in [1.54, 1.807) is 18.9 Å². The molecule has 0 unspecified atom stereocenters. The number of thioether (sulfide) groups is 1. The molecule has 140 valence electrons. The quantitative estimate of drug-likeness (QED) is 0.399. The summed E-state index contributed by atoms with van der Waals surface area (Å²) in [6.45, 7) is 6.92. The molecule has 0 N–H and O–H groups in total. The van der Waals surface area contributed by atoms with E-state index in [0.717, 1.165) is 28.2 Å². The largest absolute Gasteiger partial charge is 0.497 e. The molecule has 0 atom stereocenters. The summed E-state index contributed by atoms with van der Waals surface area (Å²) >= 11 is 1.66. The number of aromatic nitrogens is 3. The maximum absolute atomic E-state index is 5.85. The molecule has 3 aromatic rings. The first kappa shape index (κ1) is 19.0. The summed E-state index contributed by atoms with van der Waals surface area (Å²) in [4.78, 5) is 0. The summed E-state index contributed by atoms with van der Waals surface area (Å²) in [5.41, 5.74) is 2.52. The number of nitrogens with zero attached hydrogens (tertiary/aromatic N) is 3. The molecule has 0 radical (unpaired) electrons. The normalized spacial score (nSPS) is 10.6. The lowest BCUT2D eigenvalue weighted by molar-refractivity contribution is 0.288. The van der Waals surface area contributed by atoms with Crippen molar-refractivity contribution in [2.24, 2.45) is 0 Å². The highest BCUT2D eigenvalue weighted by atomic mass is 32.2. The Labute approximate surface area is 164 Å². The topological polar surface area (TPSA) is 49.2 Å². The van der Waals surface area contributed by atoms with Gasteiger partial charge < -0.3 is 9.47 Å². The summed E-state index contributed by atoms with van der Waals surface area (Å²) in [5.74, 6) is 3.18. The molecule has 3 rings (SSSR count). The molecule has 1 heterocycles. The van der Waals surface area contributed by atoms with Crippen LogP contribution in [0.5, 0.6) is 11.5 Å². The minimum atomic E-state index is 0.345. The fourth-order valence-electron chi connectivity index (χ4n) is 2.50. The molecule has 1 aromatic heterocycles. The zero-order valence-electron chi connectivity index (χ0n) is 15.6. The summed E-state index contributed by atoms with van der Waals surface area (Å²) < 4.78 is 13.0. The van der Waals surface area contributed by atoms with Crippen molar-refractivity contribution in [3.8, 4) is 11.5 Å². The van der Waals surface area contributed by atoms with Gasteiger partial charge in [-0.2, -0.15) is 0 Å². The molecule has 0 aliphatic carbocycles. The fourth-order valence-corrected chi connectivity index (χ4v) is 3.42. The number of hydrogen-bond donors (Lipinski definition) is 0. The smallest absolute Gasteiger partial charge is 0.191 e. The van der Waals surface area contributed by atoms with E-state index in [4.69, 9.17) is 9.47 Å². The Morgan fingerprint density at radius 1 is 1.04 bits per heavy atom. The minimum absolute atomic E-state index is 0.345. The highest BCUT2D eigenvalue weighted by Crippen LogP contribution is 2.23. The third-order valence-corrected chi connectivity index (χ3v) is 5.06. The van der Waals surface area contributed by atoms with Crippen molar-refractivity contribution < 1.29 is 9.47 Å². The van der Waals surface area contributed by atoms with E-state index in [1.165, 1.54) is 11.1 Å². The number of hydrogen-bond acceptors (Lipinski definition) is 5. The van der Waals surface area contributed by atoms with Gasteiger partial charge in [0.15, 0.2) is 11.0 Å². The van der Waals surface area contributed by atoms with E-state index >= 15 is 0 Å². The van der Waals surface area contributed by atoms with Crippen molar-refractivity contribution in [3.63, 3.8) is 0 Å². The van der Waals surface area contributed by atoms with Gasteiger partial charge in [-0.3, -0.25) is 4.57 Å². The lowest BCUT2D eigenvalue weighted by atomic mass is 10.2. The summed E-state index contributed by atoms with van der Waals surface area (Å²) in [7, 11) is 1.64. The third-order valence-electron chi connectivity index (χ3n) is 4.02. The SMILES string of the molecule is C=CCn1c(COc2ccc(OC)cc2)nnc1SCc1ccc(C)cc1. The highest BCUT2D eigenvalue weighted by Gasteiger charge is 2.12. The number of methoxy groups -OCH3 is 1. The lowest BCUT2D eigenvalue weighted by Crippen LogP contribution is -2.07. The molecular weight excluding hydrogens is 358 g/mol. The zero-order chi connectivity index (χ0) is 19.1. The van der Waals surface area contributed by atoms with Crippen molar-refractivity contribution in [1.29, 1.82) is 0 Å². The first-order valence-electron chi connectivity index (χ1n) is 8.67. The molecule has 0 saturated carbocycles. The molecular formula is C21H23N3O2S. The second-order valence-electron chi connectivity index (χ2n) is 6.04. The molecule has 0 spiro atoms. The van der Waals surface area contributed by atoms with Crippen LogP contribution in [0, 0.1) is 6.92 Å². The van der Waals surface area contributed by atoms with Gasteiger partial charge in [0.05, 0.1) is 7.11 Å². The Bertz CT molecular complexity index is 873. The van der Waals surface area contributed by atoms with Gasteiger partial charge in [0.2, 0.25) is 0 Å². The Kier molecular flexibility index (Phi) is 6.54. The number of allylic oxidation sites excluding steroid dienone is 1. The van der Waals surface area contributed by atoms with Crippen molar-refractivity contribution in [2.75, 3.05) is 7.11 Å². The minimum Gasteiger partial charge on any atom is -0.497 e. The van der Waals surface area contributed by atoms with Gasteiger partial charge in [0, 0.05) is 12.3 Å². The van der Waals surface area contributed by atoms with Gasteiger partial charge in [-0.15, -0.1) is 16.8 Å². The van der Waals surface area contributed by atoms with Crippen LogP contribution in [-0.4, -0.2) is 21.9 Å². The van der Waals surface area contributed by atoms with Gasteiger partial charge in [0.25, 0.3) is 0 Å². The fraction of sp³-hybridized carbons (Fsp3) is 0.238. The molecule has 2 aromatic carbocycles. The lowest BCUT2D eigenvalue weighted by Gasteiger charge is -2.09. The predicted molar refractivity (Wildman–Crippen MR) is 108 cm³/mol. The molecule has 0 fully saturated rings. The van der Waals surface area contributed by atoms with Crippen LogP contribution < -0.4 is 9.47 Å². The summed E-state index contributed by atoms with van der Waals surface area (Å²) in [5, 5.41) is 9.50. The number of ether oxygens (including phenoxy) is 2. The summed E-state index contributed by atoms with van der Waals surface area (Å²) in [6.07, 6.45) is 1.84. The van der Waals surface area contributed by atoms with E-state index in [2.05, 4.69) is 48.0 Å². The standard InChI is InChI=1S/C21H23N3O2S/c1-4-13-24-20(14-26-19-11-9-18(25-3)10-12-19)22-23-21(24)27-15-17-7-5-16(2)6-8-17/h4-12H,1,13-15H2,2-3H3. The Morgan fingerprint density at radius 3 is 2.41 bits per heavy atom. The second kappa shape index (κ2) is 9.28. The van der Waals surface area contributed by atoms with Gasteiger partial charge >= 0.3 is 0 Å². The molecule has 0 amide bonds. The highest BCUT2D eigenvalue weighted by molar-refractivity contribution is 7.98. The van der Waals surface area contributed by atoms with Gasteiger partial charge in [-0.1, -0.05) is 47.7 Å². The first-order valence-corrected chi connectivity index (χ1v) is 9.66. The van der Waals surface area contributed by atoms with E-state index < -0.39 is 0 Å². The second-order valence-corrected chi connectivity index (χ2v) is 6.98. The van der Waals surface area contributed by atoms with Crippen LogP contribution in [0.25, 0.3) is 0 Å². The number of aryl methyl sites for hydroxylation is 1. The maximum atomic E-state index is 5.85. The monoisotopic (exact) mass is 381 g/mol. The van der Waals surface area contributed by atoms with Gasteiger partial charge in [-0.05, 0) is 36.8 Å². The molecule has 0 bridgehead atoms. The average molecular weight is 382 g/mol. The van der Waals surface area contributed by atoms with E-state index in [0.29, 0.717) is 13.2 Å². The maximum Gasteiger partial charge on any atom is 0.191 e. The zero-order valence-corrected chi connectivity index (χ0v) is 16.4. The van der Waals surface area contributed by atoms with Crippen molar-refractivity contribution in [1.82, 2.24) is 14.8 Å². The van der Waals surface area contributed by atoms with Crippen LogP contribution in [0.15, 0.2) is 66.3 Å². The molecule has 0 aliphatic rings. The van der Waals surface area contributed by atoms with Crippen LogP contribution in [0.4, 0.5) is 0 Å². The number of rotatable bonds is 9. The number of benzene rings is 2. The average Bonchev–Trinajstić information content (AvgIpc) is 3.08. The Balaban J connectivity index is 1.66. The van der Waals surface area contributed by atoms with E-state index in [-0.39, 0.29) is 0 Å². The Morgan fingerprint density at radius 2 is 1.74 bits per heavy atom. The van der Waals surface area contributed by atoms with E-state index in [1.807, 2.05) is 34.9 Å². The molecule has 27 heavy (non-hydrogen) atoms.